The summed E-state index contributed by atoms with van der Waals surface area (Å²) in [6.45, 7) is 10.4. The molecule has 0 unspecified atom stereocenters. The zero-order chi connectivity index (χ0) is 14.4. The lowest BCUT2D eigenvalue weighted by molar-refractivity contribution is 0.378. The molecule has 3 N–H and O–H groups in total. The summed E-state index contributed by atoms with van der Waals surface area (Å²) in [4.78, 5) is 14.7. The van der Waals surface area contributed by atoms with Crippen molar-refractivity contribution < 1.29 is 4.74 Å². The van der Waals surface area contributed by atoms with E-state index in [4.69, 9.17) is 10.6 Å². The second-order valence-corrected chi connectivity index (χ2v) is 5.28. The molecule has 1 heterocycles. The zero-order valence-electron chi connectivity index (χ0n) is 12.3. The maximum absolute atomic E-state index is 5.37. The summed E-state index contributed by atoms with van der Waals surface area (Å²) < 4.78 is 5.07. The van der Waals surface area contributed by atoms with Crippen molar-refractivity contribution >= 4 is 11.9 Å². The van der Waals surface area contributed by atoms with Crippen molar-refractivity contribution in [3.05, 3.63) is 0 Å². The lowest BCUT2D eigenvalue weighted by Crippen LogP contribution is -2.33. The number of anilines is 2. The Balaban J connectivity index is 3.05. The van der Waals surface area contributed by atoms with Gasteiger partial charge in [0.05, 0.1) is 7.11 Å². The van der Waals surface area contributed by atoms with Crippen LogP contribution in [0, 0.1) is 11.8 Å². The van der Waals surface area contributed by atoms with E-state index in [1.807, 2.05) is 0 Å². The normalized spacial score (nSPS) is 10.9. The van der Waals surface area contributed by atoms with Crippen molar-refractivity contribution in [2.45, 2.75) is 27.7 Å². The minimum atomic E-state index is 0.260. The van der Waals surface area contributed by atoms with Gasteiger partial charge in [-0.15, -0.1) is 0 Å². The highest BCUT2D eigenvalue weighted by Gasteiger charge is 2.16. The average molecular weight is 268 g/mol. The molecule has 19 heavy (non-hydrogen) atoms. The Hall–Kier alpha value is -1.63. The number of nitrogens with one attached hydrogen (secondary N) is 1. The van der Waals surface area contributed by atoms with Gasteiger partial charge in [-0.3, -0.25) is 5.43 Å². The number of ether oxygens (including phenoxy) is 1. The van der Waals surface area contributed by atoms with Crippen molar-refractivity contribution in [2.24, 2.45) is 17.7 Å². The molecule has 7 nitrogen and oxygen atoms in total. The Morgan fingerprint density at radius 3 is 2.11 bits per heavy atom. The molecule has 1 aromatic heterocycles. The number of hydrogen-bond acceptors (Lipinski definition) is 7. The van der Waals surface area contributed by atoms with Crippen molar-refractivity contribution in [1.29, 1.82) is 0 Å². The van der Waals surface area contributed by atoms with E-state index in [-0.39, 0.29) is 6.01 Å². The molecule has 0 aliphatic heterocycles. The van der Waals surface area contributed by atoms with Gasteiger partial charge in [0, 0.05) is 13.1 Å². The largest absolute Gasteiger partial charge is 0.467 e. The van der Waals surface area contributed by atoms with Crippen molar-refractivity contribution in [3.63, 3.8) is 0 Å². The predicted molar refractivity (Wildman–Crippen MR) is 76.1 cm³/mol. The second kappa shape index (κ2) is 7.08. The van der Waals surface area contributed by atoms with Crippen molar-refractivity contribution in [1.82, 2.24) is 15.0 Å². The fourth-order valence-electron chi connectivity index (χ4n) is 1.76. The molecule has 108 valence electrons. The third-order valence-corrected chi connectivity index (χ3v) is 2.37. The van der Waals surface area contributed by atoms with Crippen LogP contribution in [0.15, 0.2) is 0 Å². The van der Waals surface area contributed by atoms with Crippen LogP contribution < -0.4 is 20.9 Å². The van der Waals surface area contributed by atoms with E-state index >= 15 is 0 Å². The number of nitrogen functional groups attached to an aromatic ring is 1. The van der Waals surface area contributed by atoms with Gasteiger partial charge in [-0.1, -0.05) is 27.7 Å². The lowest BCUT2D eigenvalue weighted by atomic mass is 10.1. The summed E-state index contributed by atoms with van der Waals surface area (Å²) in [6.07, 6.45) is 0. The molecule has 0 bridgehead atoms. The standard InChI is InChI=1S/C12H24N6O/c1-8(2)6-18(7-9(3)4)11-14-10(17-13)15-12(16-11)19-5/h8-9H,6-7,13H2,1-5H3,(H,14,15,16,17). The van der Waals surface area contributed by atoms with Gasteiger partial charge in [-0.2, -0.15) is 15.0 Å². The summed E-state index contributed by atoms with van der Waals surface area (Å²) in [5.74, 6) is 7.28. The summed E-state index contributed by atoms with van der Waals surface area (Å²) in [7, 11) is 1.52. The van der Waals surface area contributed by atoms with Gasteiger partial charge in [-0.05, 0) is 11.8 Å². The number of nitrogens with zero attached hydrogens (tertiary/aromatic N) is 4. The molecule has 1 rings (SSSR count). The molecule has 0 saturated carbocycles. The first-order chi connectivity index (χ1) is 8.96. The minimum absolute atomic E-state index is 0.260. The van der Waals surface area contributed by atoms with Gasteiger partial charge >= 0.3 is 6.01 Å². The number of aromatic nitrogens is 3. The number of rotatable bonds is 7. The molecule has 0 fully saturated rings. The molecular weight excluding hydrogens is 244 g/mol. The number of nitrogens with two attached hydrogens (primary N) is 1. The highest BCUT2D eigenvalue weighted by molar-refractivity contribution is 5.37. The van der Waals surface area contributed by atoms with Crippen LogP contribution in [0.5, 0.6) is 6.01 Å². The van der Waals surface area contributed by atoms with Crippen LogP contribution in [-0.4, -0.2) is 35.2 Å². The minimum Gasteiger partial charge on any atom is -0.467 e. The highest BCUT2D eigenvalue weighted by Crippen LogP contribution is 2.17. The molecule has 0 aliphatic carbocycles. The number of hydrazine groups is 1. The van der Waals surface area contributed by atoms with E-state index < -0.39 is 0 Å². The maximum Gasteiger partial charge on any atom is 0.322 e. The Bertz CT molecular complexity index is 364. The van der Waals surface area contributed by atoms with E-state index in [0.717, 1.165) is 13.1 Å². The van der Waals surface area contributed by atoms with E-state index in [2.05, 4.69) is 53.0 Å². The molecule has 7 heteroatoms. The molecule has 0 saturated heterocycles. The molecule has 0 amide bonds. The summed E-state index contributed by atoms with van der Waals surface area (Å²) in [5.41, 5.74) is 2.43. The molecular formula is C12H24N6O. The first-order valence-electron chi connectivity index (χ1n) is 6.47. The Morgan fingerprint density at radius 2 is 1.68 bits per heavy atom. The van der Waals surface area contributed by atoms with Crippen molar-refractivity contribution in [2.75, 3.05) is 30.5 Å². The van der Waals surface area contributed by atoms with E-state index in [1.165, 1.54) is 7.11 Å². The highest BCUT2D eigenvalue weighted by atomic mass is 16.5. The maximum atomic E-state index is 5.37. The molecule has 0 radical (unpaired) electrons. The summed E-state index contributed by atoms with van der Waals surface area (Å²) in [5, 5.41) is 0. The average Bonchev–Trinajstić information content (AvgIpc) is 2.36. The smallest absolute Gasteiger partial charge is 0.322 e. The first kappa shape index (κ1) is 15.4. The molecule has 1 aromatic rings. The van der Waals surface area contributed by atoms with Crippen LogP contribution >= 0.6 is 0 Å². The third kappa shape index (κ3) is 4.86. The summed E-state index contributed by atoms with van der Waals surface area (Å²) in [6, 6.07) is 0.260. The second-order valence-electron chi connectivity index (χ2n) is 5.28. The molecule has 0 aromatic carbocycles. The first-order valence-corrected chi connectivity index (χ1v) is 6.47. The Morgan fingerprint density at radius 1 is 1.11 bits per heavy atom. The number of hydrogen-bond donors (Lipinski definition) is 2. The Labute approximate surface area is 114 Å². The predicted octanol–water partition coefficient (Wildman–Crippen LogP) is 1.28. The van der Waals surface area contributed by atoms with Crippen LogP contribution in [0.25, 0.3) is 0 Å². The SMILES string of the molecule is COc1nc(NN)nc(N(CC(C)C)CC(C)C)n1. The zero-order valence-corrected chi connectivity index (χ0v) is 12.3. The van der Waals surface area contributed by atoms with Crippen LogP contribution in [0.2, 0.25) is 0 Å². The number of methoxy groups -OCH3 is 1. The monoisotopic (exact) mass is 268 g/mol. The van der Waals surface area contributed by atoms with Gasteiger partial charge in [0.2, 0.25) is 11.9 Å². The van der Waals surface area contributed by atoms with Gasteiger partial charge in [0.25, 0.3) is 0 Å². The Kier molecular flexibility index (Phi) is 5.75. The van der Waals surface area contributed by atoms with Crippen LogP contribution in [0.3, 0.4) is 0 Å². The topological polar surface area (TPSA) is 89.2 Å². The van der Waals surface area contributed by atoms with Gasteiger partial charge < -0.3 is 9.64 Å². The molecule has 0 aliphatic rings. The van der Waals surface area contributed by atoms with Gasteiger partial charge in [0.15, 0.2) is 0 Å². The van der Waals surface area contributed by atoms with Crippen LogP contribution in [0.4, 0.5) is 11.9 Å². The van der Waals surface area contributed by atoms with E-state index in [9.17, 15) is 0 Å². The summed E-state index contributed by atoms with van der Waals surface area (Å²) >= 11 is 0. The van der Waals surface area contributed by atoms with Crippen LogP contribution in [-0.2, 0) is 0 Å². The van der Waals surface area contributed by atoms with Gasteiger partial charge in [0.1, 0.15) is 0 Å². The van der Waals surface area contributed by atoms with Crippen molar-refractivity contribution in [3.8, 4) is 6.01 Å². The van der Waals surface area contributed by atoms with Gasteiger partial charge in [-0.25, -0.2) is 5.84 Å². The van der Waals surface area contributed by atoms with Crippen LogP contribution in [0.1, 0.15) is 27.7 Å². The molecule has 0 atom stereocenters. The molecule has 0 spiro atoms. The quantitative estimate of drug-likeness (QED) is 0.569. The lowest BCUT2D eigenvalue weighted by Gasteiger charge is -2.26. The van der Waals surface area contributed by atoms with E-state index in [1.54, 1.807) is 0 Å². The fraction of sp³-hybridized carbons (Fsp3) is 0.750. The fourth-order valence-corrected chi connectivity index (χ4v) is 1.76. The third-order valence-electron chi connectivity index (χ3n) is 2.37. The van der Waals surface area contributed by atoms with E-state index in [0.29, 0.717) is 23.7 Å².